The van der Waals surface area contributed by atoms with Crippen LogP contribution in [0.5, 0.6) is 11.5 Å². The Hall–Kier alpha value is -3.47. The van der Waals surface area contributed by atoms with E-state index in [1.807, 2.05) is 44.2 Å². The van der Waals surface area contributed by atoms with E-state index in [1.165, 1.54) is 10.8 Å². The van der Waals surface area contributed by atoms with E-state index < -0.39 is 37.2 Å². The van der Waals surface area contributed by atoms with E-state index in [1.54, 1.807) is 25.1 Å². The molecule has 3 aliphatic rings. The SMILES string of the molecule is Cc1cn([C@H]2C=C[C@@H](COP3(=O)OCc4cc(-c5ccc6c(c5)COC(C)(C)O6)ccc4O3)O2)c(=O)[nH]c1=O. The van der Waals surface area contributed by atoms with E-state index >= 15 is 0 Å². The highest BCUT2D eigenvalue weighted by Crippen LogP contribution is 2.55. The quantitative estimate of drug-likeness (QED) is 0.362. The minimum Gasteiger partial charge on any atom is -0.463 e. The number of fused-ring (bicyclic) bond motifs is 2. The number of aryl methyl sites for hydroxylation is 1. The van der Waals surface area contributed by atoms with Crippen LogP contribution in [0.1, 0.15) is 36.8 Å². The standard InChI is InChI=1S/C27H27N2O9P/c1-16-12-29(26(31)28-25(16)30)24-9-6-21(36-24)15-35-39(32)34-14-20-11-18(5-8-23(20)38-39)17-4-7-22-19(10-17)13-33-27(2,3)37-22/h4-12,21,24H,13-15H2,1-3H3,(H,28,30,31)/t21-,24+,39?/m0/s1. The molecule has 0 spiro atoms. The van der Waals surface area contributed by atoms with Crippen LogP contribution in [0.25, 0.3) is 11.1 Å². The molecule has 1 aromatic heterocycles. The number of phosphoric ester groups is 1. The number of hydrogen-bond donors (Lipinski definition) is 1. The number of aromatic amines is 1. The fourth-order valence-corrected chi connectivity index (χ4v) is 5.74. The molecular formula is C27H27N2O9P. The van der Waals surface area contributed by atoms with Gasteiger partial charge in [-0.3, -0.25) is 23.4 Å². The molecule has 0 radical (unpaired) electrons. The molecule has 3 aromatic rings. The lowest BCUT2D eigenvalue weighted by Crippen LogP contribution is -2.35. The first-order chi connectivity index (χ1) is 18.6. The molecule has 204 valence electrons. The van der Waals surface area contributed by atoms with Crippen molar-refractivity contribution in [2.45, 2.75) is 52.1 Å². The lowest BCUT2D eigenvalue weighted by atomic mass is 10.00. The number of rotatable bonds is 5. The second kappa shape index (κ2) is 9.62. The topological polar surface area (TPSA) is 127 Å². The van der Waals surface area contributed by atoms with Crippen molar-refractivity contribution in [3.05, 3.63) is 92.3 Å². The van der Waals surface area contributed by atoms with Crippen LogP contribution in [-0.4, -0.2) is 28.0 Å². The number of phosphoric acid groups is 1. The Bertz CT molecular complexity index is 1640. The van der Waals surface area contributed by atoms with E-state index in [2.05, 4.69) is 4.98 Å². The Kier molecular flexibility index (Phi) is 6.36. The highest BCUT2D eigenvalue weighted by atomic mass is 31.2. The lowest BCUT2D eigenvalue weighted by Gasteiger charge is -2.32. The van der Waals surface area contributed by atoms with Crippen LogP contribution < -0.4 is 20.5 Å². The number of hydrogen-bond acceptors (Lipinski definition) is 9. The molecule has 3 atom stereocenters. The van der Waals surface area contributed by atoms with Gasteiger partial charge in [0.1, 0.15) is 17.6 Å². The summed E-state index contributed by atoms with van der Waals surface area (Å²) in [5.74, 6) is 0.552. The summed E-state index contributed by atoms with van der Waals surface area (Å²) in [5, 5.41) is 0. The van der Waals surface area contributed by atoms with Gasteiger partial charge in [0.05, 0.1) is 19.8 Å². The largest absolute Gasteiger partial charge is 0.530 e. The van der Waals surface area contributed by atoms with Crippen molar-refractivity contribution in [3.8, 4) is 22.6 Å². The summed E-state index contributed by atoms with van der Waals surface area (Å²) in [4.78, 5) is 26.0. The molecule has 4 heterocycles. The maximum Gasteiger partial charge on any atom is 0.530 e. The van der Waals surface area contributed by atoms with Crippen LogP contribution in [-0.2, 0) is 36.3 Å². The number of nitrogens with zero attached hydrogens (tertiary/aromatic N) is 1. The van der Waals surface area contributed by atoms with E-state index in [4.69, 9.17) is 27.8 Å². The van der Waals surface area contributed by atoms with Gasteiger partial charge in [0.2, 0.25) is 5.79 Å². The number of benzene rings is 2. The minimum absolute atomic E-state index is 0.0435. The molecular weight excluding hydrogens is 527 g/mol. The molecule has 0 aliphatic carbocycles. The average molecular weight is 554 g/mol. The van der Waals surface area contributed by atoms with E-state index in [-0.39, 0.29) is 13.2 Å². The molecule has 0 bridgehead atoms. The van der Waals surface area contributed by atoms with E-state index in [0.29, 0.717) is 17.9 Å². The summed E-state index contributed by atoms with van der Waals surface area (Å²) >= 11 is 0. The highest BCUT2D eigenvalue weighted by Gasteiger charge is 2.36. The van der Waals surface area contributed by atoms with Crippen LogP contribution in [0, 0.1) is 6.92 Å². The summed E-state index contributed by atoms with van der Waals surface area (Å²) in [6, 6.07) is 11.5. The second-order valence-corrected chi connectivity index (χ2v) is 11.6. The first kappa shape index (κ1) is 25.8. The van der Waals surface area contributed by atoms with Gasteiger partial charge in [-0.2, -0.15) is 0 Å². The Balaban J connectivity index is 1.10. The van der Waals surface area contributed by atoms with Crippen molar-refractivity contribution in [3.63, 3.8) is 0 Å². The number of nitrogens with one attached hydrogen (secondary N) is 1. The van der Waals surface area contributed by atoms with Gasteiger partial charge in [-0.05, 0) is 48.4 Å². The smallest absolute Gasteiger partial charge is 0.463 e. The Labute approximate surface area is 223 Å². The van der Waals surface area contributed by atoms with E-state index in [9.17, 15) is 14.2 Å². The van der Waals surface area contributed by atoms with Gasteiger partial charge in [-0.15, -0.1) is 0 Å². The van der Waals surface area contributed by atoms with Gasteiger partial charge >= 0.3 is 13.5 Å². The predicted molar refractivity (Wildman–Crippen MR) is 139 cm³/mol. The molecule has 0 amide bonds. The lowest BCUT2D eigenvalue weighted by molar-refractivity contribution is -0.180. The molecule has 0 fully saturated rings. The third-order valence-corrected chi connectivity index (χ3v) is 7.93. The molecule has 1 N–H and O–H groups in total. The number of aromatic nitrogens is 2. The van der Waals surface area contributed by atoms with Gasteiger partial charge in [-0.1, -0.05) is 18.2 Å². The molecule has 1 unspecified atom stereocenters. The zero-order chi connectivity index (χ0) is 27.4. The Morgan fingerprint density at radius 3 is 2.54 bits per heavy atom. The van der Waals surface area contributed by atoms with Gasteiger partial charge in [0.15, 0.2) is 6.23 Å². The van der Waals surface area contributed by atoms with Crippen LogP contribution in [0.3, 0.4) is 0 Å². The normalized spacial score (nSPS) is 24.9. The van der Waals surface area contributed by atoms with Crippen molar-refractivity contribution < 1.29 is 32.3 Å². The zero-order valence-electron chi connectivity index (χ0n) is 21.5. The molecule has 0 saturated carbocycles. The maximum absolute atomic E-state index is 13.1. The molecule has 12 heteroatoms. The van der Waals surface area contributed by atoms with Crippen molar-refractivity contribution in [2.75, 3.05) is 6.61 Å². The molecule has 2 aromatic carbocycles. The van der Waals surface area contributed by atoms with Crippen LogP contribution in [0.15, 0.2) is 64.3 Å². The fourth-order valence-electron chi connectivity index (χ4n) is 4.52. The third kappa shape index (κ3) is 5.24. The Morgan fingerprint density at radius 2 is 1.77 bits per heavy atom. The van der Waals surface area contributed by atoms with Crippen molar-refractivity contribution in [1.82, 2.24) is 9.55 Å². The van der Waals surface area contributed by atoms with Crippen molar-refractivity contribution in [1.29, 1.82) is 0 Å². The van der Waals surface area contributed by atoms with Crippen LogP contribution in [0.4, 0.5) is 0 Å². The molecule has 39 heavy (non-hydrogen) atoms. The summed E-state index contributed by atoms with van der Waals surface area (Å²) in [7, 11) is -3.89. The minimum atomic E-state index is -3.89. The van der Waals surface area contributed by atoms with Crippen LogP contribution >= 0.6 is 7.82 Å². The highest BCUT2D eigenvalue weighted by molar-refractivity contribution is 7.49. The molecule has 6 rings (SSSR count). The van der Waals surface area contributed by atoms with Crippen LogP contribution in [0.2, 0.25) is 0 Å². The third-order valence-electron chi connectivity index (χ3n) is 6.60. The number of ether oxygens (including phenoxy) is 3. The molecule has 0 saturated heterocycles. The summed E-state index contributed by atoms with van der Waals surface area (Å²) in [6.07, 6.45) is 3.43. The first-order valence-electron chi connectivity index (χ1n) is 12.4. The van der Waals surface area contributed by atoms with Gasteiger partial charge in [0.25, 0.3) is 5.56 Å². The second-order valence-electron chi connectivity index (χ2n) is 9.97. The van der Waals surface area contributed by atoms with Crippen molar-refractivity contribution >= 4 is 7.82 Å². The predicted octanol–water partition coefficient (Wildman–Crippen LogP) is 4.34. The first-order valence-corrected chi connectivity index (χ1v) is 13.9. The summed E-state index contributed by atoms with van der Waals surface area (Å²) < 4.78 is 48.5. The zero-order valence-corrected chi connectivity index (χ0v) is 22.4. The monoisotopic (exact) mass is 554 g/mol. The maximum atomic E-state index is 13.1. The van der Waals surface area contributed by atoms with Gasteiger partial charge in [0, 0.05) is 36.7 Å². The summed E-state index contributed by atoms with van der Waals surface area (Å²) in [6.45, 7) is 5.72. The van der Waals surface area contributed by atoms with Crippen molar-refractivity contribution in [2.24, 2.45) is 0 Å². The summed E-state index contributed by atoms with van der Waals surface area (Å²) in [5.41, 5.74) is 2.94. The van der Waals surface area contributed by atoms with E-state index in [0.717, 1.165) is 28.0 Å². The fraction of sp³-hybridized carbons (Fsp3) is 0.333. The number of H-pyrrole nitrogens is 1. The van der Waals surface area contributed by atoms with Gasteiger partial charge < -0.3 is 18.7 Å². The molecule has 11 nitrogen and oxygen atoms in total. The average Bonchev–Trinajstić information content (AvgIpc) is 3.37. The van der Waals surface area contributed by atoms with Gasteiger partial charge in [-0.25, -0.2) is 9.36 Å². The molecule has 3 aliphatic heterocycles. The Morgan fingerprint density at radius 1 is 1.05 bits per heavy atom.